The summed E-state index contributed by atoms with van der Waals surface area (Å²) < 4.78 is 0. The summed E-state index contributed by atoms with van der Waals surface area (Å²) >= 11 is 0. The van der Waals surface area contributed by atoms with Crippen LogP contribution in [0.3, 0.4) is 0 Å². The molecule has 0 heterocycles. The van der Waals surface area contributed by atoms with Gasteiger partial charge in [-0.15, -0.1) is 0 Å². The molecule has 4 nitrogen and oxygen atoms in total. The van der Waals surface area contributed by atoms with Crippen molar-refractivity contribution >= 4 is 17.4 Å². The number of ketones is 1. The molecule has 0 aromatic heterocycles. The zero-order chi connectivity index (χ0) is 13.8. The minimum Gasteiger partial charge on any atom is -0.478 e. The molecule has 0 bridgehead atoms. The van der Waals surface area contributed by atoms with Gasteiger partial charge in [0.1, 0.15) is 0 Å². The summed E-state index contributed by atoms with van der Waals surface area (Å²) in [6.07, 6.45) is 3.04. The van der Waals surface area contributed by atoms with Crippen molar-refractivity contribution in [2.24, 2.45) is 5.41 Å². The van der Waals surface area contributed by atoms with E-state index in [0.29, 0.717) is 0 Å². The number of carboxylic acids is 1. The predicted octanol–water partition coefficient (Wildman–Crippen LogP) is 2.93. The second-order valence-electron chi connectivity index (χ2n) is 4.97. The van der Waals surface area contributed by atoms with E-state index in [1.807, 2.05) is 20.8 Å². The minimum atomic E-state index is -0.958. The third-order valence-electron chi connectivity index (χ3n) is 2.36. The molecule has 0 aliphatic rings. The molecule has 0 saturated heterocycles. The second kappa shape index (κ2) is 5.49. The number of anilines is 1. The third-order valence-corrected chi connectivity index (χ3v) is 2.36. The van der Waals surface area contributed by atoms with E-state index in [9.17, 15) is 9.59 Å². The fourth-order valence-corrected chi connectivity index (χ4v) is 1.17. The molecule has 1 aromatic carbocycles. The van der Waals surface area contributed by atoms with Crippen molar-refractivity contribution in [1.29, 1.82) is 0 Å². The number of benzene rings is 1. The van der Waals surface area contributed by atoms with Crippen LogP contribution in [0.4, 0.5) is 5.69 Å². The van der Waals surface area contributed by atoms with E-state index in [1.165, 1.54) is 18.2 Å². The summed E-state index contributed by atoms with van der Waals surface area (Å²) in [5, 5.41) is 11.7. The maximum Gasteiger partial charge on any atom is 0.335 e. The Bertz CT molecular complexity index is 467. The van der Waals surface area contributed by atoms with Crippen LogP contribution in [0.15, 0.2) is 36.5 Å². The van der Waals surface area contributed by atoms with Gasteiger partial charge in [0.2, 0.25) is 0 Å². The number of allylic oxidation sites excluding steroid dienone is 1. The molecular weight excluding hydrogens is 230 g/mol. The highest BCUT2D eigenvalue weighted by atomic mass is 16.4. The Morgan fingerprint density at radius 3 is 2.17 bits per heavy atom. The predicted molar refractivity (Wildman–Crippen MR) is 70.6 cm³/mol. The normalized spacial score (nSPS) is 11.5. The maximum atomic E-state index is 11.6. The highest BCUT2D eigenvalue weighted by molar-refractivity contribution is 5.94. The lowest BCUT2D eigenvalue weighted by molar-refractivity contribution is -0.121. The van der Waals surface area contributed by atoms with E-state index < -0.39 is 11.4 Å². The highest BCUT2D eigenvalue weighted by Gasteiger charge is 2.17. The van der Waals surface area contributed by atoms with Crippen molar-refractivity contribution in [3.8, 4) is 0 Å². The van der Waals surface area contributed by atoms with E-state index in [4.69, 9.17) is 5.11 Å². The van der Waals surface area contributed by atoms with Crippen LogP contribution in [-0.2, 0) is 4.79 Å². The molecule has 0 unspecified atom stereocenters. The Morgan fingerprint density at radius 1 is 1.17 bits per heavy atom. The van der Waals surface area contributed by atoms with Crippen LogP contribution in [0, 0.1) is 5.41 Å². The lowest BCUT2D eigenvalue weighted by atomic mass is 9.91. The monoisotopic (exact) mass is 247 g/mol. The third kappa shape index (κ3) is 4.05. The SMILES string of the molecule is CC(C)(C)C(=O)/C=C\Nc1ccc(C(=O)O)cc1. The molecule has 0 atom stereocenters. The Hall–Kier alpha value is -2.10. The number of rotatable bonds is 4. The number of nitrogens with one attached hydrogen (secondary N) is 1. The quantitative estimate of drug-likeness (QED) is 0.803. The van der Waals surface area contributed by atoms with Crippen molar-refractivity contribution in [3.05, 3.63) is 42.1 Å². The smallest absolute Gasteiger partial charge is 0.335 e. The van der Waals surface area contributed by atoms with Crippen LogP contribution in [0.25, 0.3) is 0 Å². The molecule has 0 aliphatic heterocycles. The maximum absolute atomic E-state index is 11.6. The molecule has 0 fully saturated rings. The molecule has 18 heavy (non-hydrogen) atoms. The summed E-state index contributed by atoms with van der Waals surface area (Å²) in [5.74, 6) is -0.933. The fourth-order valence-electron chi connectivity index (χ4n) is 1.17. The van der Waals surface area contributed by atoms with Crippen LogP contribution < -0.4 is 5.32 Å². The van der Waals surface area contributed by atoms with Crippen LogP contribution >= 0.6 is 0 Å². The van der Waals surface area contributed by atoms with Gasteiger partial charge in [-0.25, -0.2) is 4.79 Å². The number of carboxylic acid groups (broad SMARTS) is 1. The molecule has 0 aliphatic carbocycles. The summed E-state index contributed by atoms with van der Waals surface area (Å²) in [6, 6.07) is 6.30. The molecule has 96 valence electrons. The number of hydrogen-bond acceptors (Lipinski definition) is 3. The Kier molecular flexibility index (Phi) is 4.26. The van der Waals surface area contributed by atoms with Gasteiger partial charge in [-0.05, 0) is 30.3 Å². The summed E-state index contributed by atoms with van der Waals surface area (Å²) in [6.45, 7) is 5.55. The van der Waals surface area contributed by atoms with Gasteiger partial charge >= 0.3 is 5.97 Å². The van der Waals surface area contributed by atoms with E-state index in [1.54, 1.807) is 18.3 Å². The molecule has 0 saturated carbocycles. The molecule has 2 N–H and O–H groups in total. The van der Waals surface area contributed by atoms with Crippen molar-refractivity contribution in [1.82, 2.24) is 0 Å². The van der Waals surface area contributed by atoms with Crippen molar-refractivity contribution in [2.45, 2.75) is 20.8 Å². The van der Waals surface area contributed by atoms with E-state index in [2.05, 4.69) is 5.32 Å². The van der Waals surface area contributed by atoms with Gasteiger partial charge in [-0.1, -0.05) is 20.8 Å². The Morgan fingerprint density at radius 2 is 1.72 bits per heavy atom. The average Bonchev–Trinajstić information content (AvgIpc) is 2.28. The van der Waals surface area contributed by atoms with E-state index in [0.717, 1.165) is 5.69 Å². The van der Waals surface area contributed by atoms with Gasteiger partial charge in [-0.2, -0.15) is 0 Å². The number of aromatic carboxylic acids is 1. The fraction of sp³-hybridized carbons (Fsp3) is 0.286. The molecule has 1 aromatic rings. The average molecular weight is 247 g/mol. The largest absolute Gasteiger partial charge is 0.478 e. The number of hydrogen-bond donors (Lipinski definition) is 2. The standard InChI is InChI=1S/C14H17NO3/c1-14(2,3)12(16)8-9-15-11-6-4-10(5-7-11)13(17)18/h4-9,15H,1-3H3,(H,17,18)/b9-8-. The number of carbonyl (C=O) groups excluding carboxylic acids is 1. The van der Waals surface area contributed by atoms with Gasteiger partial charge in [-0.3, -0.25) is 4.79 Å². The van der Waals surface area contributed by atoms with Gasteiger partial charge < -0.3 is 10.4 Å². The van der Waals surface area contributed by atoms with Crippen molar-refractivity contribution < 1.29 is 14.7 Å². The molecule has 1 rings (SSSR count). The topological polar surface area (TPSA) is 66.4 Å². The molecular formula is C14H17NO3. The van der Waals surface area contributed by atoms with Crippen LogP contribution in [0.2, 0.25) is 0 Å². The first kappa shape index (κ1) is 14.0. The second-order valence-corrected chi connectivity index (χ2v) is 4.97. The summed E-state index contributed by atoms with van der Waals surface area (Å²) in [7, 11) is 0. The van der Waals surface area contributed by atoms with Gasteiger partial charge in [0, 0.05) is 17.3 Å². The summed E-state index contributed by atoms with van der Waals surface area (Å²) in [4.78, 5) is 22.2. The zero-order valence-electron chi connectivity index (χ0n) is 10.7. The lowest BCUT2D eigenvalue weighted by Gasteiger charge is -2.13. The van der Waals surface area contributed by atoms with Crippen LogP contribution in [0.1, 0.15) is 31.1 Å². The summed E-state index contributed by atoms with van der Waals surface area (Å²) in [5.41, 5.74) is 0.569. The highest BCUT2D eigenvalue weighted by Crippen LogP contribution is 2.15. The van der Waals surface area contributed by atoms with Gasteiger partial charge in [0.15, 0.2) is 5.78 Å². The Balaban J connectivity index is 2.62. The first-order valence-electron chi connectivity index (χ1n) is 5.61. The first-order valence-corrected chi connectivity index (χ1v) is 5.61. The van der Waals surface area contributed by atoms with Crippen molar-refractivity contribution in [2.75, 3.05) is 5.32 Å². The molecule has 4 heteroatoms. The van der Waals surface area contributed by atoms with Gasteiger partial charge in [0.25, 0.3) is 0 Å². The zero-order valence-corrected chi connectivity index (χ0v) is 10.7. The molecule has 0 amide bonds. The number of carbonyl (C=O) groups is 2. The van der Waals surface area contributed by atoms with E-state index in [-0.39, 0.29) is 11.3 Å². The van der Waals surface area contributed by atoms with Gasteiger partial charge in [0.05, 0.1) is 5.56 Å². The first-order chi connectivity index (χ1) is 8.30. The van der Waals surface area contributed by atoms with E-state index >= 15 is 0 Å². The van der Waals surface area contributed by atoms with Crippen molar-refractivity contribution in [3.63, 3.8) is 0 Å². The minimum absolute atomic E-state index is 0.0251. The van der Waals surface area contributed by atoms with Crippen LogP contribution in [0.5, 0.6) is 0 Å². The lowest BCUT2D eigenvalue weighted by Crippen LogP contribution is -2.17. The molecule has 0 spiro atoms. The van der Waals surface area contributed by atoms with Crippen LogP contribution in [-0.4, -0.2) is 16.9 Å². The Labute approximate surface area is 106 Å². The molecule has 0 radical (unpaired) electrons.